The molecule has 0 bridgehead atoms. The first-order chi connectivity index (χ1) is 10.6. The van der Waals surface area contributed by atoms with Crippen molar-refractivity contribution >= 4 is 22.5 Å². The quantitative estimate of drug-likeness (QED) is 0.928. The van der Waals surface area contributed by atoms with E-state index in [0.717, 1.165) is 30.1 Å². The van der Waals surface area contributed by atoms with Crippen molar-refractivity contribution in [2.45, 2.75) is 30.2 Å². The summed E-state index contributed by atoms with van der Waals surface area (Å²) in [5.41, 5.74) is 0.754. The number of hydrogen-bond acceptors (Lipinski definition) is 3. The number of anilines is 1. The first-order valence-corrected chi connectivity index (χ1v) is 9.43. The monoisotopic (exact) mass is 321 g/mol. The molecule has 2 saturated heterocycles. The molecule has 0 saturated carbocycles. The lowest BCUT2D eigenvalue weighted by atomic mass is 10.2. The van der Waals surface area contributed by atoms with Gasteiger partial charge in [0, 0.05) is 46.8 Å². The van der Waals surface area contributed by atoms with Crippen molar-refractivity contribution in [2.75, 3.05) is 37.8 Å². The molecule has 2 fully saturated rings. The van der Waals surface area contributed by atoms with Crippen LogP contribution in [-0.2, 0) is 10.8 Å². The molecule has 2 aliphatic heterocycles. The predicted molar refractivity (Wildman–Crippen MR) is 88.6 cm³/mol. The number of urea groups is 1. The summed E-state index contributed by atoms with van der Waals surface area (Å²) in [5, 5.41) is 2.93. The van der Waals surface area contributed by atoms with Gasteiger partial charge in [0.05, 0.1) is 0 Å². The zero-order valence-corrected chi connectivity index (χ0v) is 13.8. The first-order valence-electron chi connectivity index (χ1n) is 7.87. The van der Waals surface area contributed by atoms with Gasteiger partial charge in [0.25, 0.3) is 0 Å². The number of benzene rings is 1. The zero-order valence-electron chi connectivity index (χ0n) is 13.0. The van der Waals surface area contributed by atoms with Gasteiger partial charge in [0.15, 0.2) is 0 Å². The van der Waals surface area contributed by atoms with Crippen LogP contribution in [0.15, 0.2) is 29.2 Å². The Morgan fingerprint density at radius 3 is 2.50 bits per heavy atom. The fourth-order valence-corrected chi connectivity index (χ4v) is 3.78. The van der Waals surface area contributed by atoms with Crippen LogP contribution in [0.3, 0.4) is 0 Å². The van der Waals surface area contributed by atoms with Crippen molar-refractivity contribution in [3.05, 3.63) is 24.3 Å². The second-order valence-corrected chi connectivity index (χ2v) is 7.42. The largest absolute Gasteiger partial charge is 0.323 e. The molecule has 0 spiro atoms. The van der Waals surface area contributed by atoms with Gasteiger partial charge in [0.2, 0.25) is 0 Å². The minimum atomic E-state index is -0.987. The molecule has 0 radical (unpaired) electrons. The van der Waals surface area contributed by atoms with E-state index in [-0.39, 0.29) is 6.03 Å². The molecule has 2 atom stereocenters. The molecule has 1 aromatic rings. The average molecular weight is 321 g/mol. The van der Waals surface area contributed by atoms with Gasteiger partial charge < -0.3 is 10.2 Å². The molecule has 0 aromatic heterocycles. The van der Waals surface area contributed by atoms with Gasteiger partial charge in [-0.3, -0.25) is 9.11 Å². The Morgan fingerprint density at radius 2 is 1.86 bits per heavy atom. The van der Waals surface area contributed by atoms with Gasteiger partial charge in [0.1, 0.15) is 0 Å². The highest BCUT2D eigenvalue weighted by atomic mass is 32.2. The Morgan fingerprint density at radius 1 is 1.18 bits per heavy atom. The molecule has 2 amide bonds. The van der Waals surface area contributed by atoms with Crippen LogP contribution in [0, 0.1) is 0 Å². The van der Waals surface area contributed by atoms with Crippen molar-refractivity contribution < 1.29 is 9.00 Å². The van der Waals surface area contributed by atoms with Gasteiger partial charge in [-0.25, -0.2) is 4.79 Å². The van der Waals surface area contributed by atoms with Crippen molar-refractivity contribution in [1.29, 1.82) is 0 Å². The SMILES string of the molecule is C[S@@](=O)c1ccc(NC(=O)N2CC[C@H](N3CCCC3)C2)cc1. The molecular weight excluding hydrogens is 298 g/mol. The van der Waals surface area contributed by atoms with Crippen LogP contribution >= 0.6 is 0 Å². The lowest BCUT2D eigenvalue weighted by Crippen LogP contribution is -2.38. The van der Waals surface area contributed by atoms with Crippen molar-refractivity contribution in [3.63, 3.8) is 0 Å². The smallest absolute Gasteiger partial charge is 0.321 e. The highest BCUT2D eigenvalue weighted by Gasteiger charge is 2.31. The summed E-state index contributed by atoms with van der Waals surface area (Å²) in [6, 6.07) is 7.70. The highest BCUT2D eigenvalue weighted by Crippen LogP contribution is 2.21. The molecule has 120 valence electrons. The Labute approximate surface area is 134 Å². The van der Waals surface area contributed by atoms with E-state index in [1.54, 1.807) is 18.4 Å². The van der Waals surface area contributed by atoms with E-state index >= 15 is 0 Å². The number of carbonyl (C=O) groups is 1. The van der Waals surface area contributed by atoms with E-state index in [1.807, 2.05) is 17.0 Å². The zero-order chi connectivity index (χ0) is 15.5. The topological polar surface area (TPSA) is 52.7 Å². The summed E-state index contributed by atoms with van der Waals surface area (Å²) in [6.07, 6.45) is 5.29. The molecule has 1 aromatic carbocycles. The minimum absolute atomic E-state index is 0.0351. The summed E-state index contributed by atoms with van der Waals surface area (Å²) in [4.78, 5) is 17.5. The van der Waals surface area contributed by atoms with E-state index in [2.05, 4.69) is 10.2 Å². The third kappa shape index (κ3) is 3.50. The molecule has 6 heteroatoms. The number of likely N-dealkylation sites (tertiary alicyclic amines) is 2. The summed E-state index contributed by atoms with van der Waals surface area (Å²) < 4.78 is 11.4. The Kier molecular flexibility index (Phi) is 4.78. The molecule has 0 unspecified atom stereocenters. The molecule has 0 aliphatic carbocycles. The summed E-state index contributed by atoms with van der Waals surface area (Å²) in [6.45, 7) is 4.00. The highest BCUT2D eigenvalue weighted by molar-refractivity contribution is 7.84. The first kappa shape index (κ1) is 15.5. The minimum Gasteiger partial charge on any atom is -0.323 e. The normalized spacial score (nSPS) is 23.7. The molecule has 1 N–H and O–H groups in total. The van der Waals surface area contributed by atoms with E-state index in [0.29, 0.717) is 6.04 Å². The number of nitrogens with one attached hydrogen (secondary N) is 1. The van der Waals surface area contributed by atoms with Crippen LogP contribution in [0.4, 0.5) is 10.5 Å². The second kappa shape index (κ2) is 6.79. The summed E-state index contributed by atoms with van der Waals surface area (Å²) in [7, 11) is -0.987. The molecule has 3 rings (SSSR count). The number of nitrogens with zero attached hydrogens (tertiary/aromatic N) is 2. The predicted octanol–water partition coefficient (Wildman–Crippen LogP) is 2.13. The summed E-state index contributed by atoms with van der Waals surface area (Å²) in [5.74, 6) is 0. The van der Waals surface area contributed by atoms with Gasteiger partial charge in [-0.15, -0.1) is 0 Å². The maximum Gasteiger partial charge on any atom is 0.321 e. The molecule has 2 heterocycles. The summed E-state index contributed by atoms with van der Waals surface area (Å²) >= 11 is 0. The van der Waals surface area contributed by atoms with Crippen molar-refractivity contribution in [1.82, 2.24) is 9.80 Å². The van der Waals surface area contributed by atoms with Crippen LogP contribution in [0.2, 0.25) is 0 Å². The molecule has 22 heavy (non-hydrogen) atoms. The van der Waals surface area contributed by atoms with Crippen molar-refractivity contribution in [3.8, 4) is 0 Å². The number of rotatable bonds is 3. The fourth-order valence-electron chi connectivity index (χ4n) is 3.26. The Bertz CT molecular complexity index is 555. The lowest BCUT2D eigenvalue weighted by Gasteiger charge is -2.23. The number of hydrogen-bond donors (Lipinski definition) is 1. The Balaban J connectivity index is 1.54. The van der Waals surface area contributed by atoms with Crippen LogP contribution < -0.4 is 5.32 Å². The third-order valence-electron chi connectivity index (χ3n) is 4.55. The van der Waals surface area contributed by atoms with Crippen LogP contribution in [0.1, 0.15) is 19.3 Å². The number of carbonyl (C=O) groups excluding carboxylic acids is 1. The van der Waals surface area contributed by atoms with Crippen molar-refractivity contribution in [2.24, 2.45) is 0 Å². The van der Waals surface area contributed by atoms with Crippen LogP contribution in [-0.4, -0.2) is 58.5 Å². The van der Waals surface area contributed by atoms with E-state index in [4.69, 9.17) is 0 Å². The van der Waals surface area contributed by atoms with Crippen LogP contribution in [0.25, 0.3) is 0 Å². The molecule has 2 aliphatic rings. The number of amides is 2. The molecular formula is C16H23N3O2S. The fraction of sp³-hybridized carbons (Fsp3) is 0.562. The second-order valence-electron chi connectivity index (χ2n) is 6.04. The van der Waals surface area contributed by atoms with Gasteiger partial charge in [-0.05, 0) is 56.6 Å². The molecule has 5 nitrogen and oxygen atoms in total. The standard InChI is InChI=1S/C16H23N3O2S/c1-22(21)15-6-4-13(5-7-15)17-16(20)19-11-8-14(12-19)18-9-2-3-10-18/h4-7,14H,2-3,8-12H2,1H3,(H,17,20)/t14-,22+/m0/s1. The lowest BCUT2D eigenvalue weighted by molar-refractivity contribution is 0.210. The van der Waals surface area contributed by atoms with Gasteiger partial charge in [-0.1, -0.05) is 0 Å². The van der Waals surface area contributed by atoms with E-state index < -0.39 is 10.8 Å². The van der Waals surface area contributed by atoms with Gasteiger partial charge >= 0.3 is 6.03 Å². The Hall–Kier alpha value is -1.40. The van der Waals surface area contributed by atoms with Crippen LogP contribution in [0.5, 0.6) is 0 Å². The maximum atomic E-state index is 12.3. The average Bonchev–Trinajstić information content (AvgIpc) is 3.19. The van der Waals surface area contributed by atoms with E-state index in [9.17, 15) is 9.00 Å². The van der Waals surface area contributed by atoms with Gasteiger partial charge in [-0.2, -0.15) is 0 Å². The maximum absolute atomic E-state index is 12.3. The van der Waals surface area contributed by atoms with E-state index in [1.165, 1.54) is 25.9 Å². The third-order valence-corrected chi connectivity index (χ3v) is 5.48.